The highest BCUT2D eigenvalue weighted by Gasteiger charge is 2.04. The van der Waals surface area contributed by atoms with Crippen LogP contribution in [-0.4, -0.2) is 13.7 Å². The Hall–Kier alpha value is -1.68. The molecule has 2 aromatic rings. The molecule has 0 aromatic heterocycles. The van der Waals surface area contributed by atoms with Gasteiger partial charge in [-0.05, 0) is 37.3 Å². The maximum absolute atomic E-state index is 5.49. The van der Waals surface area contributed by atoms with E-state index in [1.807, 2.05) is 43.3 Å². The van der Waals surface area contributed by atoms with Crippen LogP contribution in [0.4, 0.5) is 5.69 Å². The minimum Gasteiger partial charge on any atom is -0.496 e. The second kappa shape index (κ2) is 7.20. The lowest BCUT2D eigenvalue weighted by atomic mass is 10.2. The van der Waals surface area contributed by atoms with Crippen molar-refractivity contribution < 1.29 is 9.47 Å². The summed E-state index contributed by atoms with van der Waals surface area (Å²) in [6.07, 6.45) is 0. The quantitative estimate of drug-likeness (QED) is 0.844. The van der Waals surface area contributed by atoms with Crippen LogP contribution in [0.15, 0.2) is 46.9 Å². The fourth-order valence-electron chi connectivity index (χ4n) is 1.95. The normalized spacial score (nSPS) is 10.2. The van der Waals surface area contributed by atoms with Gasteiger partial charge in [0.15, 0.2) is 0 Å². The molecular formula is C16H18BrNO2. The van der Waals surface area contributed by atoms with Crippen molar-refractivity contribution in [3.8, 4) is 11.5 Å². The van der Waals surface area contributed by atoms with E-state index in [4.69, 9.17) is 9.47 Å². The van der Waals surface area contributed by atoms with Crippen LogP contribution in [0.25, 0.3) is 0 Å². The zero-order valence-corrected chi connectivity index (χ0v) is 13.2. The van der Waals surface area contributed by atoms with Crippen LogP contribution in [-0.2, 0) is 6.54 Å². The van der Waals surface area contributed by atoms with E-state index in [0.717, 1.165) is 27.2 Å². The Morgan fingerprint density at radius 3 is 2.75 bits per heavy atom. The zero-order chi connectivity index (χ0) is 14.4. The monoisotopic (exact) mass is 335 g/mol. The number of halogens is 1. The highest BCUT2D eigenvalue weighted by molar-refractivity contribution is 9.10. The lowest BCUT2D eigenvalue weighted by molar-refractivity contribution is 0.340. The van der Waals surface area contributed by atoms with E-state index >= 15 is 0 Å². The molecule has 0 unspecified atom stereocenters. The third-order valence-corrected chi connectivity index (χ3v) is 3.36. The summed E-state index contributed by atoms with van der Waals surface area (Å²) in [5.74, 6) is 1.75. The van der Waals surface area contributed by atoms with E-state index in [0.29, 0.717) is 13.2 Å². The topological polar surface area (TPSA) is 30.5 Å². The molecular weight excluding hydrogens is 318 g/mol. The Balaban J connectivity index is 2.08. The first-order valence-electron chi connectivity index (χ1n) is 6.52. The number of benzene rings is 2. The fraction of sp³-hybridized carbons (Fsp3) is 0.250. The van der Waals surface area contributed by atoms with E-state index in [9.17, 15) is 0 Å². The molecule has 20 heavy (non-hydrogen) atoms. The number of methoxy groups -OCH3 is 1. The van der Waals surface area contributed by atoms with Gasteiger partial charge in [-0.1, -0.05) is 22.0 Å². The first-order valence-corrected chi connectivity index (χ1v) is 7.31. The molecule has 0 saturated heterocycles. The van der Waals surface area contributed by atoms with Crippen molar-refractivity contribution in [3.05, 3.63) is 52.5 Å². The summed E-state index contributed by atoms with van der Waals surface area (Å²) < 4.78 is 11.9. The second-order valence-electron chi connectivity index (χ2n) is 4.27. The molecule has 2 rings (SSSR count). The predicted molar refractivity (Wildman–Crippen MR) is 85.6 cm³/mol. The molecule has 0 bridgehead atoms. The lowest BCUT2D eigenvalue weighted by Crippen LogP contribution is -2.02. The summed E-state index contributed by atoms with van der Waals surface area (Å²) in [4.78, 5) is 0. The molecule has 0 atom stereocenters. The van der Waals surface area contributed by atoms with E-state index in [1.165, 1.54) is 0 Å². The SMILES string of the molecule is CCOc1cccc(NCc2cc(Br)ccc2OC)c1. The summed E-state index contributed by atoms with van der Waals surface area (Å²) in [5.41, 5.74) is 2.13. The summed E-state index contributed by atoms with van der Waals surface area (Å²) >= 11 is 3.48. The molecule has 2 aromatic carbocycles. The molecule has 0 heterocycles. The van der Waals surface area contributed by atoms with Crippen molar-refractivity contribution in [1.29, 1.82) is 0 Å². The summed E-state index contributed by atoms with van der Waals surface area (Å²) in [6, 6.07) is 13.9. The first kappa shape index (κ1) is 14.7. The molecule has 0 amide bonds. The Labute approximate surface area is 128 Å². The van der Waals surface area contributed by atoms with Gasteiger partial charge in [0, 0.05) is 28.3 Å². The summed E-state index contributed by atoms with van der Waals surface area (Å²) in [6.45, 7) is 3.34. The molecule has 0 saturated carbocycles. The molecule has 0 aliphatic heterocycles. The Kier molecular flexibility index (Phi) is 5.30. The van der Waals surface area contributed by atoms with Gasteiger partial charge in [0.2, 0.25) is 0 Å². The van der Waals surface area contributed by atoms with Crippen LogP contribution in [0.5, 0.6) is 11.5 Å². The molecule has 0 spiro atoms. The zero-order valence-electron chi connectivity index (χ0n) is 11.7. The number of hydrogen-bond donors (Lipinski definition) is 1. The van der Waals surface area contributed by atoms with Crippen LogP contribution in [0.3, 0.4) is 0 Å². The molecule has 0 radical (unpaired) electrons. The van der Waals surface area contributed by atoms with Gasteiger partial charge in [-0.15, -0.1) is 0 Å². The first-order chi connectivity index (χ1) is 9.72. The second-order valence-corrected chi connectivity index (χ2v) is 5.19. The minimum absolute atomic E-state index is 0.670. The fourth-order valence-corrected chi connectivity index (χ4v) is 2.35. The average molecular weight is 336 g/mol. The van der Waals surface area contributed by atoms with Gasteiger partial charge in [-0.25, -0.2) is 0 Å². The average Bonchev–Trinajstić information content (AvgIpc) is 2.46. The third-order valence-electron chi connectivity index (χ3n) is 2.87. The van der Waals surface area contributed by atoms with Gasteiger partial charge in [0.1, 0.15) is 11.5 Å². The van der Waals surface area contributed by atoms with E-state index < -0.39 is 0 Å². The highest BCUT2D eigenvalue weighted by atomic mass is 79.9. The standard InChI is InChI=1S/C16H18BrNO2/c1-3-20-15-6-4-5-14(10-15)18-11-12-9-13(17)7-8-16(12)19-2/h4-10,18H,3,11H2,1-2H3. The lowest BCUT2D eigenvalue weighted by Gasteiger charge is -2.12. The maximum atomic E-state index is 5.49. The van der Waals surface area contributed by atoms with Crippen LogP contribution in [0.2, 0.25) is 0 Å². The van der Waals surface area contributed by atoms with Crippen molar-refractivity contribution in [1.82, 2.24) is 0 Å². The van der Waals surface area contributed by atoms with Crippen molar-refractivity contribution >= 4 is 21.6 Å². The largest absolute Gasteiger partial charge is 0.496 e. The van der Waals surface area contributed by atoms with Crippen molar-refractivity contribution in [2.45, 2.75) is 13.5 Å². The van der Waals surface area contributed by atoms with Crippen LogP contribution < -0.4 is 14.8 Å². The highest BCUT2D eigenvalue weighted by Crippen LogP contribution is 2.24. The third kappa shape index (κ3) is 3.90. The number of nitrogens with one attached hydrogen (secondary N) is 1. The van der Waals surface area contributed by atoms with Gasteiger partial charge >= 0.3 is 0 Å². The minimum atomic E-state index is 0.670. The van der Waals surface area contributed by atoms with Crippen molar-refractivity contribution in [2.75, 3.05) is 19.0 Å². The maximum Gasteiger partial charge on any atom is 0.123 e. The van der Waals surface area contributed by atoms with E-state index in [1.54, 1.807) is 7.11 Å². The Morgan fingerprint density at radius 2 is 2.00 bits per heavy atom. The Bertz CT molecular complexity index is 572. The summed E-state index contributed by atoms with van der Waals surface area (Å²) in [7, 11) is 1.68. The Morgan fingerprint density at radius 1 is 1.15 bits per heavy atom. The van der Waals surface area contributed by atoms with Crippen LogP contribution in [0, 0.1) is 0 Å². The number of rotatable bonds is 6. The van der Waals surface area contributed by atoms with Crippen molar-refractivity contribution in [3.63, 3.8) is 0 Å². The molecule has 1 N–H and O–H groups in total. The molecule has 0 aliphatic carbocycles. The van der Waals surface area contributed by atoms with E-state index in [2.05, 4.69) is 27.3 Å². The molecule has 106 valence electrons. The smallest absolute Gasteiger partial charge is 0.123 e. The van der Waals surface area contributed by atoms with Gasteiger partial charge in [0.05, 0.1) is 13.7 Å². The van der Waals surface area contributed by atoms with Gasteiger partial charge in [-0.2, -0.15) is 0 Å². The van der Waals surface area contributed by atoms with Gasteiger partial charge in [0.25, 0.3) is 0 Å². The number of hydrogen-bond acceptors (Lipinski definition) is 3. The van der Waals surface area contributed by atoms with Gasteiger partial charge < -0.3 is 14.8 Å². The number of anilines is 1. The molecule has 0 fully saturated rings. The molecule has 4 heteroatoms. The van der Waals surface area contributed by atoms with Crippen LogP contribution in [0.1, 0.15) is 12.5 Å². The molecule has 0 aliphatic rings. The predicted octanol–water partition coefficient (Wildman–Crippen LogP) is 4.47. The van der Waals surface area contributed by atoms with Gasteiger partial charge in [-0.3, -0.25) is 0 Å². The van der Waals surface area contributed by atoms with Crippen LogP contribution >= 0.6 is 15.9 Å². The summed E-state index contributed by atoms with van der Waals surface area (Å²) in [5, 5.41) is 3.38. The molecule has 3 nitrogen and oxygen atoms in total. The van der Waals surface area contributed by atoms with Crippen molar-refractivity contribution in [2.24, 2.45) is 0 Å². The number of ether oxygens (including phenoxy) is 2. The van der Waals surface area contributed by atoms with E-state index in [-0.39, 0.29) is 0 Å².